The highest BCUT2D eigenvalue weighted by Gasteiger charge is 2.31. The fraction of sp³-hybridized carbons (Fsp3) is 0.568. The van der Waals surface area contributed by atoms with Crippen LogP contribution in [0.25, 0.3) is 5.57 Å². The molecule has 2 aromatic rings. The lowest BCUT2D eigenvalue weighted by molar-refractivity contribution is -0.121. The summed E-state index contributed by atoms with van der Waals surface area (Å²) in [4.78, 5) is 53.9. The molecule has 0 saturated carbocycles. The molecule has 0 fully saturated rings. The first-order chi connectivity index (χ1) is 28.2. The number of alkyl carbamates (subject to hydrolysis) is 1. The molecule has 0 atom stereocenters. The van der Waals surface area contributed by atoms with Crippen molar-refractivity contribution in [1.82, 2.24) is 19.8 Å². The van der Waals surface area contributed by atoms with Gasteiger partial charge in [0.05, 0.1) is 13.2 Å². The second-order valence-corrected chi connectivity index (χ2v) is 15.0. The van der Waals surface area contributed by atoms with Gasteiger partial charge in [-0.15, -0.1) is 11.8 Å². The number of rotatable bonds is 23. The Morgan fingerprint density at radius 2 is 1.51 bits per heavy atom. The summed E-state index contributed by atoms with van der Waals surface area (Å²) in [5.74, 6) is 4.31. The maximum atomic E-state index is 13.2. The predicted molar refractivity (Wildman–Crippen MR) is 228 cm³/mol. The second kappa shape index (κ2) is 24.7. The standard InChI is InChI=1S/C44H62BF2N5O7/c1-8-9-26-58-43(56)41-37-21-16-11-10-15-20-36(37)40(42(54)55)52(41)25-18-27-59-44(57)49-24-23-48-38(53)22-17-13-12-14-19-35(39-31(3)29-33(5)51(39)7)34(6)30(2)28-32(4)50-45(46)47/h28-29H,8-9,12-27H2,1-7H3,(H,48,53)(H,49,57)(H,54,55)/b30-28-,35-34+,50-32?. The number of carboxylic acids is 1. The van der Waals surface area contributed by atoms with Crippen molar-refractivity contribution < 1.29 is 42.4 Å². The van der Waals surface area contributed by atoms with E-state index in [1.165, 1.54) is 10.1 Å². The number of hydrogen-bond donors (Lipinski definition) is 3. The number of allylic oxidation sites excluding steroid dienone is 4. The summed E-state index contributed by atoms with van der Waals surface area (Å²) in [5, 5.41) is 15.6. The van der Waals surface area contributed by atoms with Gasteiger partial charge in [-0.05, 0) is 125 Å². The first-order valence-electron chi connectivity index (χ1n) is 20.8. The van der Waals surface area contributed by atoms with Crippen LogP contribution < -0.4 is 10.6 Å². The molecule has 0 unspecified atom stereocenters. The van der Waals surface area contributed by atoms with Gasteiger partial charge in [0.1, 0.15) is 11.4 Å². The summed E-state index contributed by atoms with van der Waals surface area (Å²) in [6.45, 7) is 12.4. The number of aromatic carboxylic acids is 1. The second-order valence-electron chi connectivity index (χ2n) is 15.0. The van der Waals surface area contributed by atoms with Crippen LogP contribution in [-0.2, 0) is 40.7 Å². The Balaban J connectivity index is 1.42. The smallest absolute Gasteiger partial charge is 0.477 e. The Labute approximate surface area is 348 Å². The van der Waals surface area contributed by atoms with Crippen LogP contribution in [0.1, 0.15) is 147 Å². The number of fused-ring (bicyclic) bond motifs is 1. The largest absolute Gasteiger partial charge is 0.692 e. The van der Waals surface area contributed by atoms with Gasteiger partial charge < -0.3 is 34.3 Å². The van der Waals surface area contributed by atoms with Gasteiger partial charge in [-0.2, -0.15) is 0 Å². The lowest BCUT2D eigenvalue weighted by atomic mass is 9.93. The molecule has 0 bridgehead atoms. The van der Waals surface area contributed by atoms with Crippen molar-refractivity contribution in [3.05, 3.63) is 62.8 Å². The van der Waals surface area contributed by atoms with E-state index in [1.54, 1.807) is 13.0 Å². The van der Waals surface area contributed by atoms with E-state index in [-0.39, 0.29) is 62.3 Å². The third-order valence-corrected chi connectivity index (χ3v) is 10.5. The zero-order chi connectivity index (χ0) is 43.5. The first kappa shape index (κ1) is 48.2. The normalized spacial score (nSPS) is 13.3. The Hall–Kier alpha value is -5.13. The lowest BCUT2D eigenvalue weighted by Gasteiger charge is -2.17. The van der Waals surface area contributed by atoms with Gasteiger partial charge in [-0.25, -0.2) is 14.4 Å². The maximum Gasteiger partial charge on any atom is 0.692 e. The first-order valence-corrected chi connectivity index (χ1v) is 20.8. The van der Waals surface area contributed by atoms with E-state index in [0.29, 0.717) is 56.1 Å². The minimum Gasteiger partial charge on any atom is -0.477 e. The summed E-state index contributed by atoms with van der Waals surface area (Å²) in [6.07, 6.45) is 9.25. The highest BCUT2D eigenvalue weighted by atomic mass is 19.2. The van der Waals surface area contributed by atoms with Crippen molar-refractivity contribution in [2.24, 2.45) is 12.0 Å². The zero-order valence-corrected chi connectivity index (χ0v) is 36.0. The molecule has 3 N–H and O–H groups in total. The minimum absolute atomic E-state index is 0.0130. The number of hydrogen-bond acceptors (Lipinski definition) is 7. The van der Waals surface area contributed by atoms with Crippen molar-refractivity contribution in [3.63, 3.8) is 0 Å². The Morgan fingerprint density at radius 1 is 0.881 bits per heavy atom. The molecule has 0 saturated heterocycles. The molecule has 322 valence electrons. The fourth-order valence-corrected chi connectivity index (χ4v) is 7.42. The van der Waals surface area contributed by atoms with Crippen LogP contribution in [0.3, 0.4) is 0 Å². The molecular weight excluding hydrogens is 759 g/mol. The average Bonchev–Trinajstić information content (AvgIpc) is 3.60. The molecule has 15 heteroatoms. The number of amides is 2. The number of ether oxygens (including phenoxy) is 2. The van der Waals surface area contributed by atoms with Crippen LogP contribution in [0.2, 0.25) is 0 Å². The molecule has 1 aliphatic carbocycles. The Kier molecular flexibility index (Phi) is 20.2. The summed E-state index contributed by atoms with van der Waals surface area (Å²) < 4.78 is 40.1. The molecule has 0 aromatic carbocycles. The van der Waals surface area contributed by atoms with Crippen LogP contribution >= 0.6 is 0 Å². The van der Waals surface area contributed by atoms with Crippen molar-refractivity contribution in [1.29, 1.82) is 0 Å². The minimum atomic E-state index is -2.75. The van der Waals surface area contributed by atoms with E-state index in [9.17, 15) is 32.9 Å². The number of carbonyl (C=O) groups excluding carboxylic acids is 3. The third kappa shape index (κ3) is 14.9. The van der Waals surface area contributed by atoms with Crippen molar-refractivity contribution in [2.75, 3.05) is 26.3 Å². The van der Waals surface area contributed by atoms with Gasteiger partial charge in [-0.3, -0.25) is 18.3 Å². The van der Waals surface area contributed by atoms with E-state index < -0.39 is 25.4 Å². The highest BCUT2D eigenvalue weighted by Crippen LogP contribution is 2.33. The van der Waals surface area contributed by atoms with E-state index in [4.69, 9.17) is 9.47 Å². The molecule has 1 aliphatic rings. The molecule has 0 spiro atoms. The average molecular weight is 822 g/mol. The molecule has 0 aliphatic heterocycles. The predicted octanol–water partition coefficient (Wildman–Crippen LogP) is 8.36. The molecule has 0 radical (unpaired) electrons. The van der Waals surface area contributed by atoms with E-state index in [2.05, 4.69) is 51.9 Å². The van der Waals surface area contributed by atoms with E-state index in [1.807, 2.05) is 27.8 Å². The van der Waals surface area contributed by atoms with Gasteiger partial charge in [-0.1, -0.05) is 26.2 Å². The molecule has 2 heterocycles. The number of unbranched alkanes of at least 4 members (excludes halogenated alkanes) is 4. The van der Waals surface area contributed by atoms with Crippen LogP contribution in [0.15, 0.2) is 28.2 Å². The summed E-state index contributed by atoms with van der Waals surface area (Å²) >= 11 is 0. The molecular formula is C44H62BF2N5O7. The van der Waals surface area contributed by atoms with E-state index >= 15 is 0 Å². The monoisotopic (exact) mass is 821 g/mol. The quantitative estimate of drug-likeness (QED) is 0.0254. The number of carboxylic acid groups (broad SMARTS) is 1. The van der Waals surface area contributed by atoms with Gasteiger partial charge in [0, 0.05) is 63.0 Å². The number of carbonyl (C=O) groups is 4. The van der Waals surface area contributed by atoms with Crippen LogP contribution in [0, 0.1) is 25.7 Å². The molecule has 12 nitrogen and oxygen atoms in total. The molecule has 3 rings (SSSR count). The Morgan fingerprint density at radius 3 is 2.12 bits per heavy atom. The summed E-state index contributed by atoms with van der Waals surface area (Å²) in [7, 11) is -0.714. The van der Waals surface area contributed by atoms with Crippen LogP contribution in [0.5, 0.6) is 0 Å². The molecule has 2 aromatic heterocycles. The highest BCUT2D eigenvalue weighted by molar-refractivity contribution is 6.43. The van der Waals surface area contributed by atoms with Gasteiger partial charge in [0.2, 0.25) is 5.91 Å². The molecule has 59 heavy (non-hydrogen) atoms. The number of aromatic nitrogens is 2. The number of halogens is 2. The van der Waals surface area contributed by atoms with Gasteiger partial charge in [0.15, 0.2) is 0 Å². The van der Waals surface area contributed by atoms with Gasteiger partial charge in [0.25, 0.3) is 0 Å². The summed E-state index contributed by atoms with van der Waals surface area (Å²) in [5.41, 5.74) is 8.36. The van der Waals surface area contributed by atoms with Crippen LogP contribution in [0.4, 0.5) is 13.4 Å². The van der Waals surface area contributed by atoms with Crippen LogP contribution in [-0.4, -0.2) is 77.6 Å². The number of nitrogens with zero attached hydrogens (tertiary/aromatic N) is 3. The number of esters is 1. The van der Waals surface area contributed by atoms with E-state index in [0.717, 1.165) is 60.2 Å². The lowest BCUT2D eigenvalue weighted by Crippen LogP contribution is -2.35. The van der Waals surface area contributed by atoms with Crippen molar-refractivity contribution >= 4 is 42.6 Å². The zero-order valence-electron chi connectivity index (χ0n) is 36.0. The van der Waals surface area contributed by atoms with Crippen molar-refractivity contribution in [2.45, 2.75) is 132 Å². The fourth-order valence-electron chi connectivity index (χ4n) is 7.42. The van der Waals surface area contributed by atoms with Gasteiger partial charge >= 0.3 is 25.4 Å². The Bertz CT molecular complexity index is 1950. The number of nitrogens with one attached hydrogen (secondary N) is 2. The SMILES string of the molecule is CCCCOC(=O)c1c2c(c(C(=O)O)n1CCCOC(=O)NCCNC(=O)CCCCCC/C(=C(C)\C(C)=C/C(C)=NB(F)F)c1c(C)cc(C)n1C)CCC#CCC2. The summed E-state index contributed by atoms with van der Waals surface area (Å²) in [6, 6.07) is 2.14. The van der Waals surface area contributed by atoms with Crippen molar-refractivity contribution in [3.8, 4) is 11.8 Å². The third-order valence-electron chi connectivity index (χ3n) is 10.5. The molecule has 2 amide bonds. The number of aryl methyl sites for hydroxylation is 2. The maximum absolute atomic E-state index is 13.2. The topological polar surface area (TPSA) is 153 Å².